The molecule has 26 heavy (non-hydrogen) atoms. The highest BCUT2D eigenvalue weighted by molar-refractivity contribution is 7.99. The van der Waals surface area contributed by atoms with Gasteiger partial charge in [-0.3, -0.25) is 4.79 Å². The molecule has 0 aliphatic carbocycles. The Morgan fingerprint density at radius 2 is 1.58 bits per heavy atom. The standard InChI is InChI=1S/C16H12Cl4F2N2OS/c17-10-3-1-9(2-4-10)13(25)24-14(16(18,19)20)23-11-5-7-12(8-6-11)26-15(21)22/h1-8,14-15,23H,(H,24,25)/t14-/m1/s1. The van der Waals surface area contributed by atoms with E-state index in [1.54, 1.807) is 24.3 Å². The quantitative estimate of drug-likeness (QED) is 0.307. The van der Waals surface area contributed by atoms with Gasteiger partial charge >= 0.3 is 0 Å². The van der Waals surface area contributed by atoms with E-state index in [9.17, 15) is 13.6 Å². The lowest BCUT2D eigenvalue weighted by Gasteiger charge is -2.27. The first-order chi connectivity index (χ1) is 12.1. The van der Waals surface area contributed by atoms with Crippen LogP contribution in [0, 0.1) is 0 Å². The van der Waals surface area contributed by atoms with Gasteiger partial charge in [0.1, 0.15) is 6.17 Å². The van der Waals surface area contributed by atoms with Gasteiger partial charge in [-0.05, 0) is 48.5 Å². The number of hydrogen-bond acceptors (Lipinski definition) is 3. The minimum atomic E-state index is -2.51. The zero-order chi connectivity index (χ0) is 19.3. The number of carbonyl (C=O) groups excluding carboxylic acids is 1. The average molecular weight is 460 g/mol. The van der Waals surface area contributed by atoms with Crippen LogP contribution in [0.25, 0.3) is 0 Å². The summed E-state index contributed by atoms with van der Waals surface area (Å²) in [5.74, 6) is -2.99. The molecule has 1 amide bonds. The predicted molar refractivity (Wildman–Crippen MR) is 105 cm³/mol. The van der Waals surface area contributed by atoms with Gasteiger partial charge in [0.2, 0.25) is 3.79 Å². The summed E-state index contributed by atoms with van der Waals surface area (Å²) in [5, 5.41) is 5.92. The second kappa shape index (κ2) is 9.33. The van der Waals surface area contributed by atoms with Crippen molar-refractivity contribution in [2.24, 2.45) is 0 Å². The van der Waals surface area contributed by atoms with Crippen molar-refractivity contribution in [1.82, 2.24) is 5.32 Å². The number of hydrogen-bond donors (Lipinski definition) is 2. The van der Waals surface area contributed by atoms with E-state index in [0.29, 0.717) is 32.9 Å². The lowest BCUT2D eigenvalue weighted by molar-refractivity contribution is 0.0942. The number of nitrogens with one attached hydrogen (secondary N) is 2. The molecular weight excluding hydrogens is 448 g/mol. The fourth-order valence-corrected chi connectivity index (χ4v) is 2.87. The fraction of sp³-hybridized carbons (Fsp3) is 0.188. The molecule has 0 saturated heterocycles. The third-order valence-corrected chi connectivity index (χ3v) is 4.73. The largest absolute Gasteiger partial charge is 0.362 e. The highest BCUT2D eigenvalue weighted by Gasteiger charge is 2.34. The Labute approximate surface area is 173 Å². The van der Waals surface area contributed by atoms with Crippen molar-refractivity contribution >= 4 is 69.8 Å². The SMILES string of the molecule is O=C(N[C@@H](Nc1ccc(SC(F)F)cc1)C(Cl)(Cl)Cl)c1ccc(Cl)cc1. The van der Waals surface area contributed by atoms with Crippen molar-refractivity contribution in [3.63, 3.8) is 0 Å². The Hall–Kier alpha value is -0.920. The first-order valence-corrected chi connectivity index (χ1v) is 9.49. The second-order valence-corrected chi connectivity index (χ2v) is 8.87. The molecule has 0 aliphatic heterocycles. The van der Waals surface area contributed by atoms with Crippen LogP contribution in [0.1, 0.15) is 10.4 Å². The van der Waals surface area contributed by atoms with Crippen LogP contribution < -0.4 is 10.6 Å². The maximum atomic E-state index is 12.4. The van der Waals surface area contributed by atoms with Crippen LogP contribution in [-0.2, 0) is 0 Å². The molecule has 140 valence electrons. The van der Waals surface area contributed by atoms with Gasteiger partial charge in [-0.15, -0.1) is 0 Å². The zero-order valence-electron chi connectivity index (χ0n) is 12.9. The molecule has 10 heteroatoms. The summed E-state index contributed by atoms with van der Waals surface area (Å²) in [6.07, 6.45) is -1.07. The van der Waals surface area contributed by atoms with Crippen molar-refractivity contribution in [1.29, 1.82) is 0 Å². The number of benzene rings is 2. The van der Waals surface area contributed by atoms with Gasteiger partial charge in [-0.25, -0.2) is 0 Å². The number of anilines is 1. The van der Waals surface area contributed by atoms with Crippen LogP contribution in [0.3, 0.4) is 0 Å². The Bertz CT molecular complexity index is 739. The van der Waals surface area contributed by atoms with Crippen molar-refractivity contribution in [3.05, 3.63) is 59.1 Å². The molecule has 0 bridgehead atoms. The molecular formula is C16H12Cl4F2N2OS. The lowest BCUT2D eigenvalue weighted by atomic mass is 10.2. The van der Waals surface area contributed by atoms with Crippen LogP contribution >= 0.6 is 58.2 Å². The van der Waals surface area contributed by atoms with E-state index in [0.717, 1.165) is 0 Å². The van der Waals surface area contributed by atoms with E-state index >= 15 is 0 Å². The monoisotopic (exact) mass is 458 g/mol. The van der Waals surface area contributed by atoms with E-state index in [1.165, 1.54) is 24.3 Å². The van der Waals surface area contributed by atoms with Crippen molar-refractivity contribution in [2.45, 2.75) is 20.6 Å². The Balaban J connectivity index is 2.10. The number of rotatable bonds is 6. The van der Waals surface area contributed by atoms with Gasteiger partial charge < -0.3 is 10.6 Å². The van der Waals surface area contributed by atoms with Crippen LogP contribution in [0.4, 0.5) is 14.5 Å². The minimum Gasteiger partial charge on any atom is -0.362 e. The van der Waals surface area contributed by atoms with Gasteiger partial charge in [-0.1, -0.05) is 58.2 Å². The average Bonchev–Trinajstić information content (AvgIpc) is 2.55. The van der Waals surface area contributed by atoms with E-state index in [-0.39, 0.29) is 0 Å². The first-order valence-electron chi connectivity index (χ1n) is 7.10. The smallest absolute Gasteiger partial charge is 0.288 e. The summed E-state index contributed by atoms with van der Waals surface area (Å²) in [7, 11) is 0. The topological polar surface area (TPSA) is 41.1 Å². The maximum Gasteiger partial charge on any atom is 0.288 e. The highest BCUT2D eigenvalue weighted by atomic mass is 35.6. The van der Waals surface area contributed by atoms with Gasteiger partial charge in [0.15, 0.2) is 0 Å². The number of halogens is 6. The summed E-state index contributed by atoms with van der Waals surface area (Å²) < 4.78 is 22.8. The van der Waals surface area contributed by atoms with Crippen LogP contribution in [0.15, 0.2) is 53.4 Å². The van der Waals surface area contributed by atoms with E-state index in [2.05, 4.69) is 10.6 Å². The first kappa shape index (κ1) is 21.4. The maximum absolute atomic E-state index is 12.4. The van der Waals surface area contributed by atoms with Crippen LogP contribution in [-0.4, -0.2) is 21.6 Å². The molecule has 0 spiro atoms. The Morgan fingerprint density at radius 1 is 1.00 bits per heavy atom. The molecule has 2 aromatic rings. The van der Waals surface area contributed by atoms with Crippen LogP contribution in [0.2, 0.25) is 5.02 Å². The Kier molecular flexibility index (Phi) is 7.67. The van der Waals surface area contributed by atoms with Crippen LogP contribution in [0.5, 0.6) is 0 Å². The van der Waals surface area contributed by atoms with E-state index in [1.807, 2.05) is 0 Å². The lowest BCUT2D eigenvalue weighted by Crippen LogP contribution is -2.49. The summed E-state index contributed by atoms with van der Waals surface area (Å²) in [5.41, 5.74) is 0.815. The summed E-state index contributed by atoms with van der Waals surface area (Å²) in [6, 6.07) is 12.3. The zero-order valence-corrected chi connectivity index (χ0v) is 16.7. The molecule has 0 aromatic heterocycles. The molecule has 0 saturated carbocycles. The summed E-state index contributed by atoms with van der Waals surface area (Å²) >= 11 is 24.0. The Morgan fingerprint density at radius 3 is 2.08 bits per heavy atom. The minimum absolute atomic E-state index is 0.333. The normalized spacial score (nSPS) is 12.7. The molecule has 3 nitrogen and oxygen atoms in total. The third-order valence-electron chi connectivity index (χ3n) is 3.10. The third kappa shape index (κ3) is 6.67. The summed E-state index contributed by atoms with van der Waals surface area (Å²) in [6.45, 7) is 0. The van der Waals surface area contributed by atoms with Gasteiger partial charge in [0.05, 0.1) is 0 Å². The van der Waals surface area contributed by atoms with Crippen molar-refractivity contribution < 1.29 is 13.6 Å². The molecule has 0 aliphatic rings. The number of amides is 1. The molecule has 0 radical (unpaired) electrons. The molecule has 2 aromatic carbocycles. The predicted octanol–water partition coefficient (Wildman–Crippen LogP) is 6.19. The summed E-state index contributed by atoms with van der Waals surface area (Å²) in [4.78, 5) is 12.7. The van der Waals surface area contributed by atoms with Gasteiger partial charge in [-0.2, -0.15) is 8.78 Å². The molecule has 0 heterocycles. The van der Waals surface area contributed by atoms with Gasteiger partial charge in [0, 0.05) is 21.2 Å². The van der Waals surface area contributed by atoms with E-state index < -0.39 is 21.6 Å². The molecule has 2 rings (SSSR count). The molecule has 1 atom stereocenters. The number of thioether (sulfide) groups is 1. The van der Waals surface area contributed by atoms with Gasteiger partial charge in [0.25, 0.3) is 11.7 Å². The molecule has 2 N–H and O–H groups in total. The molecule has 0 unspecified atom stereocenters. The fourth-order valence-electron chi connectivity index (χ4n) is 1.91. The number of carbonyl (C=O) groups is 1. The second-order valence-electron chi connectivity index (χ2n) is 5.00. The van der Waals surface area contributed by atoms with E-state index in [4.69, 9.17) is 46.4 Å². The van der Waals surface area contributed by atoms with Crippen molar-refractivity contribution in [3.8, 4) is 0 Å². The molecule has 0 fully saturated rings. The van der Waals surface area contributed by atoms with Crippen molar-refractivity contribution in [2.75, 3.05) is 5.32 Å². The highest BCUT2D eigenvalue weighted by Crippen LogP contribution is 2.32. The number of alkyl halides is 5.